The van der Waals surface area contributed by atoms with E-state index in [1.807, 2.05) is 39.8 Å². The first-order chi connectivity index (χ1) is 7.38. The highest BCUT2D eigenvalue weighted by Crippen LogP contribution is 2.22. The minimum Gasteiger partial charge on any atom is -0.329 e. The summed E-state index contributed by atoms with van der Waals surface area (Å²) in [5.41, 5.74) is 2.60. The summed E-state index contributed by atoms with van der Waals surface area (Å²) in [5.74, 6) is 1.16. The van der Waals surface area contributed by atoms with Crippen LogP contribution >= 0.6 is 11.9 Å². The van der Waals surface area contributed by atoms with Crippen LogP contribution in [0.25, 0.3) is 0 Å². The van der Waals surface area contributed by atoms with Gasteiger partial charge in [0.05, 0.1) is 0 Å². The molecule has 88 valence electrons. The molecule has 15 heavy (non-hydrogen) atoms. The van der Waals surface area contributed by atoms with E-state index in [9.17, 15) is 0 Å². The van der Waals surface area contributed by atoms with Crippen molar-refractivity contribution >= 4 is 11.9 Å². The molecule has 1 heterocycles. The van der Waals surface area contributed by atoms with Crippen LogP contribution in [0.5, 0.6) is 0 Å². The van der Waals surface area contributed by atoms with Crippen molar-refractivity contribution in [2.24, 2.45) is 0 Å². The van der Waals surface area contributed by atoms with Gasteiger partial charge in [0.2, 0.25) is 0 Å². The predicted octanol–water partition coefficient (Wildman–Crippen LogP) is 4.70. The van der Waals surface area contributed by atoms with Gasteiger partial charge < -0.3 is 4.72 Å². The number of nitrogens with one attached hydrogen (secondary N) is 1. The van der Waals surface area contributed by atoms with Gasteiger partial charge in [-0.15, -0.1) is 0 Å². The van der Waals surface area contributed by atoms with E-state index in [1.165, 1.54) is 11.3 Å². The zero-order valence-corrected chi connectivity index (χ0v) is 11.6. The Labute approximate surface area is 99.9 Å². The lowest BCUT2D eigenvalue weighted by atomic mass is 10.1. The zero-order chi connectivity index (χ0) is 12.1. The van der Waals surface area contributed by atoms with Crippen LogP contribution in [0.4, 0.5) is 0 Å². The maximum atomic E-state index is 3.67. The molecule has 0 unspecified atom stereocenters. The first-order valence-electron chi connectivity index (χ1n) is 5.74. The molecular formula is C13H25NS. The predicted molar refractivity (Wildman–Crippen MR) is 74.9 cm³/mol. The van der Waals surface area contributed by atoms with Crippen LogP contribution in [-0.2, 0) is 0 Å². The monoisotopic (exact) mass is 227 g/mol. The number of hydrogen-bond acceptors (Lipinski definition) is 2. The van der Waals surface area contributed by atoms with Crippen LogP contribution in [0.3, 0.4) is 0 Å². The minimum atomic E-state index is 1.16. The average molecular weight is 227 g/mol. The van der Waals surface area contributed by atoms with Crippen molar-refractivity contribution in [3.63, 3.8) is 0 Å². The van der Waals surface area contributed by atoms with Crippen molar-refractivity contribution in [3.05, 3.63) is 36.1 Å². The molecule has 1 nitrogen and oxygen atoms in total. The van der Waals surface area contributed by atoms with Crippen molar-refractivity contribution in [1.29, 1.82) is 0 Å². The van der Waals surface area contributed by atoms with Crippen molar-refractivity contribution < 1.29 is 0 Å². The van der Waals surface area contributed by atoms with Gasteiger partial charge in [0.1, 0.15) is 0 Å². The van der Waals surface area contributed by atoms with E-state index in [4.69, 9.17) is 0 Å². The largest absolute Gasteiger partial charge is 0.329 e. The lowest BCUT2D eigenvalue weighted by Gasteiger charge is -2.18. The summed E-state index contributed by atoms with van der Waals surface area (Å²) in [6, 6.07) is 0. The Balaban J connectivity index is 0. The molecule has 1 aliphatic rings. The minimum absolute atomic E-state index is 1.16. The third-order valence-corrected chi connectivity index (χ3v) is 2.41. The number of rotatable bonds is 1. The van der Waals surface area contributed by atoms with Crippen LogP contribution in [0.1, 0.15) is 41.0 Å². The summed E-state index contributed by atoms with van der Waals surface area (Å²) in [6.07, 6.45) is 7.15. The fraction of sp³-hybridized carbons (Fsp3) is 0.538. The molecule has 2 heteroatoms. The molecule has 0 saturated carbocycles. The van der Waals surface area contributed by atoms with Gasteiger partial charge in [0.25, 0.3) is 0 Å². The van der Waals surface area contributed by atoms with Crippen molar-refractivity contribution in [2.75, 3.05) is 5.75 Å². The number of allylic oxidation sites excluding steroid dienone is 4. The van der Waals surface area contributed by atoms with Gasteiger partial charge in [0, 0.05) is 11.4 Å². The standard InChI is InChI=1S/C9H13NS.2C2H6/c1-3-5-9-8(4-2)6-7-11-10-9;2*1-2/h3-5,10H,1,6-7H2,2H3;2*1-2H3/b8-4-,9-5+;;. The molecule has 0 spiro atoms. The first kappa shape index (κ1) is 16.8. The van der Waals surface area contributed by atoms with E-state index in [-0.39, 0.29) is 0 Å². The fourth-order valence-corrected chi connectivity index (χ4v) is 1.83. The van der Waals surface area contributed by atoms with E-state index < -0.39 is 0 Å². The second kappa shape index (κ2) is 13.4. The fourth-order valence-electron chi connectivity index (χ4n) is 1.05. The van der Waals surface area contributed by atoms with Crippen LogP contribution in [-0.4, -0.2) is 5.75 Å². The molecule has 0 atom stereocenters. The third-order valence-electron chi connectivity index (χ3n) is 1.63. The van der Waals surface area contributed by atoms with E-state index in [1.54, 1.807) is 11.9 Å². The third kappa shape index (κ3) is 7.32. The maximum Gasteiger partial charge on any atom is 0.0469 e. The van der Waals surface area contributed by atoms with E-state index >= 15 is 0 Å². The Kier molecular flexibility index (Phi) is 15.0. The van der Waals surface area contributed by atoms with Crippen molar-refractivity contribution in [1.82, 2.24) is 4.72 Å². The zero-order valence-electron chi connectivity index (χ0n) is 10.8. The van der Waals surface area contributed by atoms with Gasteiger partial charge >= 0.3 is 0 Å². The van der Waals surface area contributed by atoms with E-state index in [0.29, 0.717) is 0 Å². The second-order valence-corrected chi connectivity index (χ2v) is 3.23. The molecule has 0 amide bonds. The summed E-state index contributed by atoms with van der Waals surface area (Å²) in [5, 5.41) is 0. The molecule has 1 fully saturated rings. The smallest absolute Gasteiger partial charge is 0.0469 e. The lowest BCUT2D eigenvalue weighted by molar-refractivity contribution is 1.02. The van der Waals surface area contributed by atoms with Crippen LogP contribution < -0.4 is 4.72 Å². The van der Waals surface area contributed by atoms with Crippen molar-refractivity contribution in [2.45, 2.75) is 41.0 Å². The Morgan fingerprint density at radius 2 is 1.87 bits per heavy atom. The Bertz CT molecular complexity index is 205. The van der Waals surface area contributed by atoms with Gasteiger partial charge in [0.15, 0.2) is 0 Å². The molecule has 0 aromatic heterocycles. The van der Waals surface area contributed by atoms with Crippen LogP contribution in [0.15, 0.2) is 36.1 Å². The van der Waals surface area contributed by atoms with Crippen molar-refractivity contribution in [3.8, 4) is 0 Å². The average Bonchev–Trinajstić information content (AvgIpc) is 2.35. The molecule has 0 aliphatic carbocycles. The van der Waals surface area contributed by atoms with Gasteiger partial charge in [-0.3, -0.25) is 0 Å². The molecule has 0 aromatic carbocycles. The normalized spacial score (nSPS) is 19.3. The first-order valence-corrected chi connectivity index (χ1v) is 6.73. The molecule has 1 saturated heterocycles. The maximum absolute atomic E-state index is 3.67. The topological polar surface area (TPSA) is 12.0 Å². The summed E-state index contributed by atoms with van der Waals surface area (Å²) >= 11 is 1.76. The SMILES string of the molecule is C=C/C=C1/NSCC/C1=C/C.CC.CC. The summed E-state index contributed by atoms with van der Waals surface area (Å²) in [7, 11) is 0. The van der Waals surface area contributed by atoms with E-state index in [0.717, 1.165) is 12.2 Å². The highest BCUT2D eigenvalue weighted by Gasteiger charge is 2.08. The lowest BCUT2D eigenvalue weighted by Crippen LogP contribution is -2.13. The molecule has 1 aliphatic heterocycles. The second-order valence-electron chi connectivity index (χ2n) is 2.33. The van der Waals surface area contributed by atoms with Crippen LogP contribution in [0, 0.1) is 0 Å². The van der Waals surface area contributed by atoms with E-state index in [2.05, 4.69) is 24.3 Å². The Morgan fingerprint density at radius 1 is 1.27 bits per heavy atom. The van der Waals surface area contributed by atoms with Gasteiger partial charge in [-0.1, -0.05) is 58.4 Å². The molecular weight excluding hydrogens is 202 g/mol. The summed E-state index contributed by atoms with van der Waals surface area (Å²) in [4.78, 5) is 0. The molecule has 0 aromatic rings. The molecule has 1 rings (SSSR count). The number of hydrogen-bond donors (Lipinski definition) is 1. The van der Waals surface area contributed by atoms with Gasteiger partial charge in [-0.05, 0) is 25.0 Å². The molecule has 0 radical (unpaired) electrons. The van der Waals surface area contributed by atoms with Gasteiger partial charge in [-0.25, -0.2) is 0 Å². The Morgan fingerprint density at radius 3 is 2.33 bits per heavy atom. The highest BCUT2D eigenvalue weighted by atomic mass is 32.2. The molecule has 0 bridgehead atoms. The quantitative estimate of drug-likeness (QED) is 0.652. The van der Waals surface area contributed by atoms with Crippen LogP contribution in [0.2, 0.25) is 0 Å². The highest BCUT2D eigenvalue weighted by molar-refractivity contribution is 7.97. The Hall–Kier alpha value is -0.630. The molecule has 1 N–H and O–H groups in total. The summed E-state index contributed by atoms with van der Waals surface area (Å²) in [6.45, 7) is 13.7. The summed E-state index contributed by atoms with van der Waals surface area (Å²) < 4.78 is 3.26. The van der Waals surface area contributed by atoms with Gasteiger partial charge in [-0.2, -0.15) is 0 Å².